The monoisotopic (exact) mass is 615 g/mol. The highest BCUT2D eigenvalue weighted by Gasteiger charge is 2.25. The van der Waals surface area contributed by atoms with E-state index in [0.29, 0.717) is 25.1 Å². The van der Waals surface area contributed by atoms with Crippen LogP contribution < -0.4 is 5.32 Å². The van der Waals surface area contributed by atoms with E-state index in [9.17, 15) is 19.2 Å². The molecule has 230 valence electrons. The van der Waals surface area contributed by atoms with E-state index in [-0.39, 0.29) is 17.7 Å². The Morgan fingerprint density at radius 1 is 0.773 bits per heavy atom. The van der Waals surface area contributed by atoms with E-state index in [1.54, 1.807) is 0 Å². The summed E-state index contributed by atoms with van der Waals surface area (Å²) < 4.78 is 0. The molecule has 3 aromatic rings. The molecule has 1 unspecified atom stereocenters. The molecule has 9 nitrogen and oxygen atoms in total. The fraction of sp³-hybridized carbons (Fsp3) is 0.294. The molecule has 0 aliphatic carbocycles. The number of carboxylic acids is 2. The second kappa shape index (κ2) is 16.6. The number of ketones is 1. The Morgan fingerprint density at radius 2 is 1.36 bits per heavy atom. The number of hydrogen-bond acceptors (Lipinski definition) is 7. The largest absolute Gasteiger partial charge is 0.478 e. The molecule has 1 fully saturated rings. The number of nitrogens with one attached hydrogen (secondary N) is 1. The van der Waals surface area contributed by atoms with Crippen LogP contribution in [0.4, 0.5) is 0 Å². The van der Waals surface area contributed by atoms with Gasteiger partial charge in [0.05, 0.1) is 12.6 Å². The molecule has 3 N–H and O–H groups in total. The SMILES string of the molecule is O=C(CCCN1CCN(CC(=O)c2ccccc2)CC1)NC1c2ccccc2CSc2ccccc21.O=C(O)/C=C\C(=O)O. The number of amides is 1. The maximum Gasteiger partial charge on any atom is 0.328 e. The summed E-state index contributed by atoms with van der Waals surface area (Å²) in [6, 6.07) is 26.3. The molecular weight excluding hydrogens is 578 g/mol. The highest BCUT2D eigenvalue weighted by atomic mass is 32.2. The van der Waals surface area contributed by atoms with Gasteiger partial charge in [-0.25, -0.2) is 9.59 Å². The summed E-state index contributed by atoms with van der Waals surface area (Å²) in [4.78, 5) is 50.5. The summed E-state index contributed by atoms with van der Waals surface area (Å²) in [7, 11) is 0. The van der Waals surface area contributed by atoms with E-state index < -0.39 is 11.9 Å². The van der Waals surface area contributed by atoms with Gasteiger partial charge in [0, 0.05) is 61.0 Å². The molecule has 2 heterocycles. The Morgan fingerprint density at radius 3 is 2.05 bits per heavy atom. The second-order valence-electron chi connectivity index (χ2n) is 10.5. The van der Waals surface area contributed by atoms with Crippen molar-refractivity contribution in [3.8, 4) is 0 Å². The van der Waals surface area contributed by atoms with Gasteiger partial charge in [-0.05, 0) is 35.7 Å². The highest BCUT2D eigenvalue weighted by molar-refractivity contribution is 7.98. The lowest BCUT2D eigenvalue weighted by molar-refractivity contribution is -0.134. The Bertz CT molecular complexity index is 1410. The highest BCUT2D eigenvalue weighted by Crippen LogP contribution is 2.39. The van der Waals surface area contributed by atoms with Gasteiger partial charge in [-0.15, -0.1) is 11.8 Å². The molecule has 0 radical (unpaired) electrons. The Labute approximate surface area is 261 Å². The molecule has 0 aromatic heterocycles. The van der Waals surface area contributed by atoms with Crippen LogP contribution in [0.2, 0.25) is 0 Å². The number of carboxylic acid groups (broad SMARTS) is 2. The molecular formula is C34H37N3O6S. The van der Waals surface area contributed by atoms with Crippen LogP contribution in [-0.4, -0.2) is 82.9 Å². The minimum Gasteiger partial charge on any atom is -0.478 e. The van der Waals surface area contributed by atoms with Gasteiger partial charge in [0.2, 0.25) is 5.91 Å². The van der Waals surface area contributed by atoms with Crippen molar-refractivity contribution in [2.24, 2.45) is 0 Å². The van der Waals surface area contributed by atoms with Crippen molar-refractivity contribution >= 4 is 35.4 Å². The number of carbonyl (C=O) groups is 4. The van der Waals surface area contributed by atoms with Gasteiger partial charge in [0.1, 0.15) is 0 Å². The van der Waals surface area contributed by atoms with Crippen LogP contribution in [0, 0.1) is 0 Å². The number of nitrogens with zero attached hydrogens (tertiary/aromatic N) is 2. The molecule has 2 aliphatic rings. The van der Waals surface area contributed by atoms with Crippen molar-refractivity contribution in [2.45, 2.75) is 29.5 Å². The number of aliphatic carboxylic acids is 2. The van der Waals surface area contributed by atoms with Gasteiger partial charge in [0.15, 0.2) is 5.78 Å². The molecule has 44 heavy (non-hydrogen) atoms. The third-order valence-electron chi connectivity index (χ3n) is 7.46. The van der Waals surface area contributed by atoms with Crippen LogP contribution >= 0.6 is 11.8 Å². The molecule has 3 aromatic carbocycles. The van der Waals surface area contributed by atoms with Crippen LogP contribution in [0.1, 0.15) is 45.9 Å². The second-order valence-corrected chi connectivity index (χ2v) is 11.6. The zero-order valence-corrected chi connectivity index (χ0v) is 25.2. The van der Waals surface area contributed by atoms with Crippen molar-refractivity contribution in [2.75, 3.05) is 39.3 Å². The molecule has 0 bridgehead atoms. The van der Waals surface area contributed by atoms with Gasteiger partial charge in [0.25, 0.3) is 0 Å². The molecule has 10 heteroatoms. The molecule has 0 saturated carbocycles. The van der Waals surface area contributed by atoms with Crippen LogP contribution in [0.25, 0.3) is 0 Å². The summed E-state index contributed by atoms with van der Waals surface area (Å²) >= 11 is 1.84. The summed E-state index contributed by atoms with van der Waals surface area (Å²) in [5.41, 5.74) is 4.45. The molecule has 0 spiro atoms. The van der Waals surface area contributed by atoms with Crippen molar-refractivity contribution in [3.05, 3.63) is 113 Å². The predicted molar refractivity (Wildman–Crippen MR) is 170 cm³/mol. The number of carbonyl (C=O) groups excluding carboxylic acids is 2. The average Bonchev–Trinajstić information content (AvgIpc) is 3.19. The first-order valence-electron chi connectivity index (χ1n) is 14.6. The van der Waals surface area contributed by atoms with Crippen molar-refractivity contribution in [3.63, 3.8) is 0 Å². The van der Waals surface area contributed by atoms with E-state index in [1.165, 1.54) is 21.6 Å². The molecule has 1 amide bonds. The zero-order valence-electron chi connectivity index (χ0n) is 24.4. The number of rotatable bonds is 10. The third kappa shape index (κ3) is 9.90. The number of piperazine rings is 1. The minimum absolute atomic E-state index is 0.101. The fourth-order valence-electron chi connectivity index (χ4n) is 5.20. The van der Waals surface area contributed by atoms with E-state index in [0.717, 1.165) is 50.5 Å². The lowest BCUT2D eigenvalue weighted by atomic mass is 9.95. The predicted octanol–water partition coefficient (Wildman–Crippen LogP) is 4.49. The summed E-state index contributed by atoms with van der Waals surface area (Å²) in [6.07, 6.45) is 2.46. The maximum atomic E-state index is 13.0. The summed E-state index contributed by atoms with van der Waals surface area (Å²) in [5, 5.41) is 19.0. The van der Waals surface area contributed by atoms with Gasteiger partial charge in [-0.3, -0.25) is 14.5 Å². The first kappa shape index (κ1) is 32.7. The molecule has 2 aliphatic heterocycles. The molecule has 1 atom stereocenters. The Kier molecular flexibility index (Phi) is 12.3. The van der Waals surface area contributed by atoms with E-state index in [2.05, 4.69) is 63.6 Å². The average molecular weight is 616 g/mol. The van der Waals surface area contributed by atoms with E-state index in [4.69, 9.17) is 10.2 Å². The topological polar surface area (TPSA) is 127 Å². The number of Topliss-reactive ketones (excluding diaryl/α,β-unsaturated/α-hetero) is 1. The van der Waals surface area contributed by atoms with Gasteiger partial charge in [-0.2, -0.15) is 0 Å². The van der Waals surface area contributed by atoms with Crippen molar-refractivity contribution in [1.82, 2.24) is 15.1 Å². The van der Waals surface area contributed by atoms with Crippen molar-refractivity contribution < 1.29 is 29.4 Å². The van der Waals surface area contributed by atoms with Crippen LogP contribution in [0.5, 0.6) is 0 Å². The smallest absolute Gasteiger partial charge is 0.328 e. The first-order valence-corrected chi connectivity index (χ1v) is 15.5. The lowest BCUT2D eigenvalue weighted by Gasteiger charge is -2.34. The fourth-order valence-corrected chi connectivity index (χ4v) is 6.31. The number of thioether (sulfide) groups is 1. The third-order valence-corrected chi connectivity index (χ3v) is 8.60. The normalized spacial score (nSPS) is 16.5. The summed E-state index contributed by atoms with van der Waals surface area (Å²) in [5.74, 6) is -1.31. The number of benzene rings is 3. The Balaban J connectivity index is 0.000000488. The van der Waals surface area contributed by atoms with Gasteiger partial charge < -0.3 is 20.4 Å². The van der Waals surface area contributed by atoms with E-state index >= 15 is 0 Å². The standard InChI is InChI=1S/C30H33N3O2S.C4H4O4/c34-27(23-9-2-1-3-10-23)21-33-19-17-32(18-20-33)16-8-15-29(35)31-30-25-12-5-4-11-24(25)22-36-28-14-7-6-13-26(28)30;5-3(6)1-2-4(7)8/h1-7,9-14,30H,8,15-22H2,(H,31,35);1-2H,(H,5,6)(H,7,8)/b;2-1-. The van der Waals surface area contributed by atoms with Crippen molar-refractivity contribution in [1.29, 1.82) is 0 Å². The number of fused-ring (bicyclic) bond motifs is 2. The zero-order chi connectivity index (χ0) is 31.3. The van der Waals surface area contributed by atoms with Crippen LogP contribution in [0.15, 0.2) is 95.9 Å². The van der Waals surface area contributed by atoms with Crippen LogP contribution in [-0.2, 0) is 20.1 Å². The quantitative estimate of drug-likeness (QED) is 0.223. The van der Waals surface area contributed by atoms with Gasteiger partial charge in [-0.1, -0.05) is 72.8 Å². The first-order chi connectivity index (χ1) is 21.3. The number of hydrogen-bond donors (Lipinski definition) is 3. The Hall–Kier alpha value is -4.25. The lowest BCUT2D eigenvalue weighted by Crippen LogP contribution is -2.48. The molecule has 1 saturated heterocycles. The summed E-state index contributed by atoms with van der Waals surface area (Å²) in [6.45, 7) is 5.02. The van der Waals surface area contributed by atoms with Gasteiger partial charge >= 0.3 is 11.9 Å². The van der Waals surface area contributed by atoms with Crippen LogP contribution in [0.3, 0.4) is 0 Å². The van der Waals surface area contributed by atoms with E-state index in [1.807, 2.05) is 42.1 Å². The molecule has 5 rings (SSSR count). The maximum absolute atomic E-state index is 13.0. The minimum atomic E-state index is -1.26.